The molecule has 0 aromatic heterocycles. The summed E-state index contributed by atoms with van der Waals surface area (Å²) < 4.78 is 0. The van der Waals surface area contributed by atoms with Crippen LogP contribution in [0.1, 0.15) is 23.6 Å². The number of carbonyl (C=O) groups is 1. The summed E-state index contributed by atoms with van der Waals surface area (Å²) in [5, 5.41) is 3.55. The normalized spacial score (nSPS) is 16.5. The van der Waals surface area contributed by atoms with Gasteiger partial charge in [0.1, 0.15) is 0 Å². The molecule has 114 valence electrons. The molecule has 0 saturated carbocycles. The molecule has 2 aromatic rings. The number of anilines is 2. The standard InChI is InChI=1S/C18H19ClN2O/c1-11-8-12(2)17(15(19)9-11)20-18(22)21-13(3)10-14-6-4-5-7-16(14)21/h4-9,13H,10H2,1-3H3,(H,20,22). The van der Waals surface area contributed by atoms with E-state index >= 15 is 0 Å². The maximum Gasteiger partial charge on any atom is 0.326 e. The van der Waals surface area contributed by atoms with Crippen LogP contribution in [0.5, 0.6) is 0 Å². The van der Waals surface area contributed by atoms with Gasteiger partial charge in [-0.15, -0.1) is 0 Å². The average Bonchev–Trinajstić information content (AvgIpc) is 2.78. The molecular weight excluding hydrogens is 296 g/mol. The van der Waals surface area contributed by atoms with Crippen molar-refractivity contribution in [3.63, 3.8) is 0 Å². The Bertz CT molecular complexity index is 719. The van der Waals surface area contributed by atoms with E-state index in [0.717, 1.165) is 23.2 Å². The molecule has 1 aliphatic rings. The Balaban J connectivity index is 1.90. The van der Waals surface area contributed by atoms with Gasteiger partial charge < -0.3 is 5.32 Å². The van der Waals surface area contributed by atoms with Gasteiger partial charge in [0.2, 0.25) is 0 Å². The highest BCUT2D eigenvalue weighted by Crippen LogP contribution is 2.33. The number of hydrogen-bond donors (Lipinski definition) is 1. The van der Waals surface area contributed by atoms with Gasteiger partial charge >= 0.3 is 6.03 Å². The van der Waals surface area contributed by atoms with Gasteiger partial charge in [-0.2, -0.15) is 0 Å². The Morgan fingerprint density at radius 3 is 2.73 bits per heavy atom. The molecule has 0 bridgehead atoms. The largest absolute Gasteiger partial charge is 0.326 e. The van der Waals surface area contributed by atoms with Gasteiger partial charge in [0, 0.05) is 11.7 Å². The molecule has 0 aliphatic carbocycles. The number of rotatable bonds is 1. The Morgan fingerprint density at radius 2 is 2.00 bits per heavy atom. The molecule has 3 rings (SSSR count). The first-order valence-corrected chi connectivity index (χ1v) is 7.80. The van der Waals surface area contributed by atoms with E-state index in [2.05, 4.69) is 18.3 Å². The van der Waals surface area contributed by atoms with Gasteiger partial charge in [-0.05, 0) is 56.0 Å². The zero-order valence-corrected chi connectivity index (χ0v) is 13.7. The van der Waals surface area contributed by atoms with Crippen LogP contribution in [0.25, 0.3) is 0 Å². The van der Waals surface area contributed by atoms with Gasteiger partial charge in [-0.3, -0.25) is 4.90 Å². The zero-order chi connectivity index (χ0) is 15.9. The second kappa shape index (κ2) is 5.65. The summed E-state index contributed by atoms with van der Waals surface area (Å²) in [7, 11) is 0. The van der Waals surface area contributed by atoms with Crippen molar-refractivity contribution in [2.45, 2.75) is 33.2 Å². The van der Waals surface area contributed by atoms with E-state index < -0.39 is 0 Å². The Kier molecular flexibility index (Phi) is 3.83. The van der Waals surface area contributed by atoms with Gasteiger partial charge in [-0.25, -0.2) is 4.79 Å². The number of fused-ring (bicyclic) bond motifs is 1. The van der Waals surface area contributed by atoms with Crippen LogP contribution >= 0.6 is 11.6 Å². The Hall–Kier alpha value is -2.00. The number of nitrogens with zero attached hydrogens (tertiary/aromatic N) is 1. The van der Waals surface area contributed by atoms with Crippen molar-refractivity contribution in [1.29, 1.82) is 0 Å². The molecular formula is C18H19ClN2O. The summed E-state index contributed by atoms with van der Waals surface area (Å²) in [5.41, 5.74) is 4.93. The topological polar surface area (TPSA) is 32.3 Å². The number of nitrogens with one attached hydrogen (secondary N) is 1. The number of para-hydroxylation sites is 1. The molecule has 0 spiro atoms. The number of hydrogen-bond acceptors (Lipinski definition) is 1. The van der Waals surface area contributed by atoms with Gasteiger partial charge in [0.15, 0.2) is 0 Å². The maximum atomic E-state index is 12.7. The molecule has 2 amide bonds. The molecule has 4 heteroatoms. The summed E-state index contributed by atoms with van der Waals surface area (Å²) in [6, 6.07) is 11.9. The van der Waals surface area contributed by atoms with E-state index in [1.54, 1.807) is 0 Å². The SMILES string of the molecule is Cc1cc(C)c(NC(=O)N2c3ccccc3CC2C)c(Cl)c1. The smallest absolute Gasteiger partial charge is 0.306 e. The Labute approximate surface area is 135 Å². The highest BCUT2D eigenvalue weighted by molar-refractivity contribution is 6.34. The summed E-state index contributed by atoms with van der Waals surface area (Å²) >= 11 is 6.29. The van der Waals surface area contributed by atoms with Crippen LogP contribution in [0.15, 0.2) is 36.4 Å². The van der Waals surface area contributed by atoms with Crippen LogP contribution in [0.3, 0.4) is 0 Å². The fourth-order valence-corrected chi connectivity index (χ4v) is 3.48. The monoisotopic (exact) mass is 314 g/mol. The predicted octanol–water partition coefficient (Wildman–Crippen LogP) is 4.94. The highest BCUT2D eigenvalue weighted by Gasteiger charge is 2.31. The lowest BCUT2D eigenvalue weighted by Crippen LogP contribution is -2.39. The van der Waals surface area contributed by atoms with Crippen LogP contribution in [0.4, 0.5) is 16.2 Å². The second-order valence-corrected chi connectivity index (χ2v) is 6.33. The molecule has 22 heavy (non-hydrogen) atoms. The fourth-order valence-electron chi connectivity index (χ4n) is 3.12. The molecule has 2 aromatic carbocycles. The molecule has 0 fully saturated rings. The number of carbonyl (C=O) groups excluding carboxylic acids is 1. The van der Waals surface area contributed by atoms with Crippen molar-refractivity contribution >= 4 is 29.0 Å². The van der Waals surface area contributed by atoms with Crippen LogP contribution in [0.2, 0.25) is 5.02 Å². The van der Waals surface area contributed by atoms with Crippen molar-refractivity contribution < 1.29 is 4.79 Å². The highest BCUT2D eigenvalue weighted by atomic mass is 35.5. The first-order valence-electron chi connectivity index (χ1n) is 7.42. The summed E-state index contributed by atoms with van der Waals surface area (Å²) in [4.78, 5) is 14.5. The van der Waals surface area contributed by atoms with Gasteiger partial charge in [0.05, 0.1) is 10.7 Å². The molecule has 3 nitrogen and oxygen atoms in total. The van der Waals surface area contributed by atoms with Crippen molar-refractivity contribution in [2.75, 3.05) is 10.2 Å². The maximum absolute atomic E-state index is 12.7. The average molecular weight is 315 g/mol. The van der Waals surface area contributed by atoms with Crippen LogP contribution < -0.4 is 10.2 Å². The van der Waals surface area contributed by atoms with Crippen LogP contribution in [-0.4, -0.2) is 12.1 Å². The van der Waals surface area contributed by atoms with Crippen molar-refractivity contribution in [3.8, 4) is 0 Å². The van der Waals surface area contributed by atoms with Crippen molar-refractivity contribution in [1.82, 2.24) is 0 Å². The summed E-state index contributed by atoms with van der Waals surface area (Å²) in [6.45, 7) is 6.00. The molecule has 1 heterocycles. The van der Waals surface area contributed by atoms with Gasteiger partial charge in [0.25, 0.3) is 0 Å². The number of urea groups is 1. The minimum atomic E-state index is -0.133. The molecule has 1 atom stereocenters. The van der Waals surface area contributed by atoms with Crippen LogP contribution in [-0.2, 0) is 6.42 Å². The minimum Gasteiger partial charge on any atom is -0.306 e. The van der Waals surface area contributed by atoms with Crippen LogP contribution in [0, 0.1) is 13.8 Å². The van der Waals surface area contributed by atoms with E-state index in [1.807, 2.05) is 49.1 Å². The van der Waals surface area contributed by atoms with E-state index in [-0.39, 0.29) is 12.1 Å². The quantitative estimate of drug-likeness (QED) is 0.794. The third-order valence-corrected chi connectivity index (χ3v) is 4.39. The lowest BCUT2D eigenvalue weighted by Gasteiger charge is -2.24. The molecule has 1 unspecified atom stereocenters. The predicted molar refractivity (Wildman–Crippen MR) is 92.0 cm³/mol. The number of benzene rings is 2. The number of aryl methyl sites for hydroxylation is 2. The first-order chi connectivity index (χ1) is 10.5. The fraction of sp³-hybridized carbons (Fsp3) is 0.278. The first kappa shape index (κ1) is 14.9. The number of amides is 2. The third kappa shape index (κ3) is 2.57. The number of halogens is 1. The van der Waals surface area contributed by atoms with Crippen molar-refractivity contribution in [3.05, 3.63) is 58.1 Å². The summed E-state index contributed by atoms with van der Waals surface area (Å²) in [5.74, 6) is 0. The van der Waals surface area contributed by atoms with E-state index in [0.29, 0.717) is 10.7 Å². The lowest BCUT2D eigenvalue weighted by atomic mass is 10.1. The zero-order valence-electron chi connectivity index (χ0n) is 13.0. The second-order valence-electron chi connectivity index (χ2n) is 5.92. The molecule has 0 radical (unpaired) electrons. The van der Waals surface area contributed by atoms with E-state index in [1.165, 1.54) is 5.56 Å². The van der Waals surface area contributed by atoms with E-state index in [4.69, 9.17) is 11.6 Å². The third-order valence-electron chi connectivity index (χ3n) is 4.09. The van der Waals surface area contributed by atoms with E-state index in [9.17, 15) is 4.79 Å². The molecule has 1 aliphatic heterocycles. The van der Waals surface area contributed by atoms with Gasteiger partial charge in [-0.1, -0.05) is 35.9 Å². The van der Waals surface area contributed by atoms with Crippen molar-refractivity contribution in [2.24, 2.45) is 0 Å². The Morgan fingerprint density at radius 1 is 1.27 bits per heavy atom. The molecule has 1 N–H and O–H groups in total. The summed E-state index contributed by atoms with van der Waals surface area (Å²) in [6.07, 6.45) is 0.879. The minimum absolute atomic E-state index is 0.133. The molecule has 0 saturated heterocycles. The lowest BCUT2D eigenvalue weighted by molar-refractivity contribution is 0.256.